The van der Waals surface area contributed by atoms with Gasteiger partial charge in [-0.3, -0.25) is 9.59 Å². The number of nitrogens with zero attached hydrogens (tertiary/aromatic N) is 4. The summed E-state index contributed by atoms with van der Waals surface area (Å²) in [5.41, 5.74) is 1.56. The van der Waals surface area contributed by atoms with Crippen LogP contribution in [0.1, 0.15) is 79.7 Å². The van der Waals surface area contributed by atoms with Gasteiger partial charge in [0.2, 0.25) is 11.7 Å². The lowest BCUT2D eigenvalue weighted by Crippen LogP contribution is -2.48. The van der Waals surface area contributed by atoms with E-state index >= 15 is 0 Å². The molecular weight excluding hydrogens is 471 g/mol. The van der Waals surface area contributed by atoms with Crippen molar-refractivity contribution in [3.63, 3.8) is 0 Å². The molecule has 0 aliphatic heterocycles. The van der Waals surface area contributed by atoms with Gasteiger partial charge in [0.1, 0.15) is 11.9 Å². The molecule has 2 aromatic carbocycles. The summed E-state index contributed by atoms with van der Waals surface area (Å²) in [5.74, 6) is -0.845. The highest BCUT2D eigenvalue weighted by atomic mass is 19.1. The molecule has 8 heteroatoms. The van der Waals surface area contributed by atoms with Crippen molar-refractivity contribution in [2.24, 2.45) is 5.41 Å². The number of hydrogen-bond donors (Lipinski definition) is 1. The van der Waals surface area contributed by atoms with Crippen molar-refractivity contribution in [3.05, 3.63) is 82.9 Å². The van der Waals surface area contributed by atoms with Crippen molar-refractivity contribution in [2.45, 2.75) is 78.1 Å². The molecule has 1 heterocycles. The summed E-state index contributed by atoms with van der Waals surface area (Å²) in [6.45, 7) is 7.87. The Labute approximate surface area is 217 Å². The van der Waals surface area contributed by atoms with Gasteiger partial charge in [-0.05, 0) is 44.1 Å². The summed E-state index contributed by atoms with van der Waals surface area (Å²) >= 11 is 0. The van der Waals surface area contributed by atoms with Crippen LogP contribution >= 0.6 is 0 Å². The van der Waals surface area contributed by atoms with Gasteiger partial charge in [0.05, 0.1) is 12.3 Å². The second-order valence-corrected chi connectivity index (χ2v) is 11.1. The van der Waals surface area contributed by atoms with Gasteiger partial charge in [-0.15, -0.1) is 5.10 Å². The quantitative estimate of drug-likeness (QED) is 0.462. The third-order valence-corrected chi connectivity index (χ3v) is 7.06. The predicted octanol–water partition coefficient (Wildman–Crippen LogP) is 4.88. The molecular formula is C29H35FN4O3. The maximum absolute atomic E-state index is 14.6. The van der Waals surface area contributed by atoms with E-state index in [1.807, 2.05) is 39.8 Å². The molecule has 37 heavy (non-hydrogen) atoms. The first kappa shape index (κ1) is 26.7. The van der Waals surface area contributed by atoms with Crippen LogP contribution in [0.2, 0.25) is 0 Å². The highest BCUT2D eigenvalue weighted by Gasteiger charge is 2.40. The van der Waals surface area contributed by atoms with Gasteiger partial charge in [0.15, 0.2) is 5.69 Å². The van der Waals surface area contributed by atoms with Gasteiger partial charge in [0.25, 0.3) is 0 Å². The van der Waals surface area contributed by atoms with Gasteiger partial charge in [-0.2, -0.15) is 0 Å². The van der Waals surface area contributed by atoms with Crippen LogP contribution in [0.3, 0.4) is 0 Å². The lowest BCUT2D eigenvalue weighted by Gasteiger charge is -2.40. The van der Waals surface area contributed by atoms with Gasteiger partial charge in [-0.25, -0.2) is 9.07 Å². The number of aromatic nitrogens is 3. The molecule has 1 amide bonds. The van der Waals surface area contributed by atoms with Crippen molar-refractivity contribution >= 4 is 11.7 Å². The fraction of sp³-hybridized carbons (Fsp3) is 0.448. The molecule has 0 spiro atoms. The molecule has 1 aromatic heterocycles. The lowest BCUT2D eigenvalue weighted by molar-refractivity contribution is -0.143. The summed E-state index contributed by atoms with van der Waals surface area (Å²) < 4.78 is 16.1. The van der Waals surface area contributed by atoms with Crippen molar-refractivity contribution < 1.29 is 19.1 Å². The van der Waals surface area contributed by atoms with E-state index in [0.717, 1.165) is 5.56 Å². The van der Waals surface area contributed by atoms with Crippen LogP contribution in [0, 0.1) is 18.2 Å². The second-order valence-electron chi connectivity index (χ2n) is 11.1. The Kier molecular flexibility index (Phi) is 7.87. The minimum atomic E-state index is -0.766. The number of amides is 1. The van der Waals surface area contributed by atoms with Crippen LogP contribution in [0.5, 0.6) is 0 Å². The summed E-state index contributed by atoms with van der Waals surface area (Å²) in [6, 6.07) is 12.8. The monoisotopic (exact) mass is 506 g/mol. The van der Waals surface area contributed by atoms with Crippen LogP contribution in [-0.2, 0) is 11.3 Å². The van der Waals surface area contributed by atoms with Crippen LogP contribution in [0.25, 0.3) is 0 Å². The molecule has 0 radical (unpaired) electrons. The molecule has 1 aliphatic rings. The number of rotatable bonds is 7. The molecule has 4 rings (SSSR count). The maximum atomic E-state index is 14.6. The zero-order chi connectivity index (χ0) is 26.7. The smallest absolute Gasteiger partial charge is 0.248 e. The average Bonchev–Trinajstić information content (AvgIpc) is 3.33. The third-order valence-electron chi connectivity index (χ3n) is 7.06. The first-order valence-electron chi connectivity index (χ1n) is 12.8. The van der Waals surface area contributed by atoms with Crippen molar-refractivity contribution in [2.75, 3.05) is 0 Å². The molecule has 0 bridgehead atoms. The Bertz CT molecular complexity index is 1240. The van der Waals surface area contributed by atoms with Crippen LogP contribution in [-0.4, -0.2) is 48.8 Å². The molecule has 1 saturated carbocycles. The molecule has 1 fully saturated rings. The number of aliphatic hydroxyl groups excluding tert-OH is 1. The standard InChI is InChI=1S/C29H35FN4O3/c1-19-9-11-20(12-10-19)26(36)25-18-34(32-31-25)27(29(2,3)4)28(37)33(22-13-15-23(35)16-14-22)17-21-7-5-6-8-24(21)30/h5-12,18,22-23,27,35H,13-17H2,1-4H3. The minimum absolute atomic E-state index is 0.114. The Morgan fingerprint density at radius 1 is 1.08 bits per heavy atom. The maximum Gasteiger partial charge on any atom is 0.248 e. The van der Waals surface area contributed by atoms with E-state index in [1.165, 1.54) is 16.9 Å². The average molecular weight is 507 g/mol. The highest BCUT2D eigenvalue weighted by Crippen LogP contribution is 2.35. The van der Waals surface area contributed by atoms with Crippen LogP contribution in [0.15, 0.2) is 54.7 Å². The second kappa shape index (κ2) is 10.9. The van der Waals surface area contributed by atoms with E-state index < -0.39 is 11.5 Å². The summed E-state index contributed by atoms with van der Waals surface area (Å²) in [5, 5.41) is 18.4. The number of aryl methyl sites for hydroxylation is 1. The number of halogens is 1. The van der Waals surface area contributed by atoms with E-state index in [9.17, 15) is 19.1 Å². The van der Waals surface area contributed by atoms with Crippen LogP contribution < -0.4 is 0 Å². The molecule has 0 saturated heterocycles. The normalized spacial score (nSPS) is 18.9. The molecule has 1 aliphatic carbocycles. The van der Waals surface area contributed by atoms with Gasteiger partial charge >= 0.3 is 0 Å². The molecule has 196 valence electrons. The van der Waals surface area contributed by atoms with Gasteiger partial charge < -0.3 is 10.0 Å². The summed E-state index contributed by atoms with van der Waals surface area (Å²) in [4.78, 5) is 29.0. The number of hydrogen-bond acceptors (Lipinski definition) is 5. The summed E-state index contributed by atoms with van der Waals surface area (Å²) in [7, 11) is 0. The fourth-order valence-electron chi connectivity index (χ4n) is 4.96. The summed E-state index contributed by atoms with van der Waals surface area (Å²) in [6.07, 6.45) is 3.58. The molecule has 1 atom stereocenters. The Balaban J connectivity index is 1.67. The van der Waals surface area contributed by atoms with Crippen molar-refractivity contribution in [3.8, 4) is 0 Å². The SMILES string of the molecule is Cc1ccc(C(=O)c2cn(C(C(=O)N(Cc3ccccc3F)C3CCC(O)CC3)C(C)(C)C)nn2)cc1. The minimum Gasteiger partial charge on any atom is -0.393 e. The Morgan fingerprint density at radius 3 is 2.35 bits per heavy atom. The first-order chi connectivity index (χ1) is 17.5. The van der Waals surface area contributed by atoms with Crippen molar-refractivity contribution in [1.82, 2.24) is 19.9 Å². The zero-order valence-electron chi connectivity index (χ0n) is 21.9. The highest BCUT2D eigenvalue weighted by molar-refractivity contribution is 6.07. The zero-order valence-corrected chi connectivity index (χ0v) is 21.9. The molecule has 7 nitrogen and oxygen atoms in total. The molecule has 1 unspecified atom stereocenters. The first-order valence-corrected chi connectivity index (χ1v) is 12.8. The Hall–Kier alpha value is -3.39. The van der Waals surface area contributed by atoms with E-state index in [1.54, 1.807) is 35.2 Å². The topological polar surface area (TPSA) is 88.3 Å². The van der Waals surface area contributed by atoms with E-state index in [0.29, 0.717) is 36.8 Å². The Morgan fingerprint density at radius 2 is 1.73 bits per heavy atom. The van der Waals surface area contributed by atoms with Crippen LogP contribution in [0.4, 0.5) is 4.39 Å². The van der Waals surface area contributed by atoms with Gasteiger partial charge in [-0.1, -0.05) is 74.0 Å². The number of carbonyl (C=O) groups is 2. The fourth-order valence-corrected chi connectivity index (χ4v) is 4.96. The number of benzene rings is 2. The van der Waals surface area contributed by atoms with E-state index in [-0.39, 0.29) is 41.9 Å². The molecule has 3 aromatic rings. The number of ketones is 1. The molecule has 1 N–H and O–H groups in total. The van der Waals surface area contributed by atoms with Gasteiger partial charge in [0, 0.05) is 23.7 Å². The third kappa shape index (κ3) is 6.13. The number of aliphatic hydroxyl groups is 1. The van der Waals surface area contributed by atoms with E-state index in [2.05, 4.69) is 10.3 Å². The number of carbonyl (C=O) groups excluding carboxylic acids is 2. The lowest BCUT2D eigenvalue weighted by atomic mass is 9.84. The van der Waals surface area contributed by atoms with E-state index in [4.69, 9.17) is 0 Å². The largest absolute Gasteiger partial charge is 0.393 e. The van der Waals surface area contributed by atoms with Crippen molar-refractivity contribution in [1.29, 1.82) is 0 Å². The predicted molar refractivity (Wildman–Crippen MR) is 138 cm³/mol.